The Morgan fingerprint density at radius 1 is 1.18 bits per heavy atom. The summed E-state index contributed by atoms with van der Waals surface area (Å²) in [5.74, 6) is 5.18. The second-order valence-electron chi connectivity index (χ2n) is 2.62. The topological polar surface area (TPSA) is 58.3 Å². The Kier molecular flexibility index (Phi) is 9.08. The van der Waals surface area contributed by atoms with Gasteiger partial charge < -0.3 is 5.11 Å². The molecule has 0 unspecified atom stereocenters. The molecule has 0 aromatic carbocycles. The summed E-state index contributed by atoms with van der Waals surface area (Å²) in [6.45, 7) is 0. The fourth-order valence-electron chi connectivity index (χ4n) is 1.31. The highest BCUT2D eigenvalue weighted by Gasteiger charge is 2.20. The first kappa shape index (κ1) is 14.0. The summed E-state index contributed by atoms with van der Waals surface area (Å²) in [7, 11) is 0. The van der Waals surface area contributed by atoms with Gasteiger partial charge in [0.05, 0.1) is 6.10 Å². The van der Waals surface area contributed by atoms with Gasteiger partial charge in [0.2, 0.25) is 0 Å². The fourth-order valence-corrected chi connectivity index (χ4v) is 1.31. The molecule has 2 atom stereocenters. The third kappa shape index (κ3) is 4.13. The molecule has 0 heterocycles. The first-order valence-electron chi connectivity index (χ1n) is 3.49. The van der Waals surface area contributed by atoms with Gasteiger partial charge in [-0.15, -0.1) is 24.8 Å². The minimum Gasteiger partial charge on any atom is -0.391 e. The quantitative estimate of drug-likeness (QED) is 0.432. The molecular weight excluding hydrogens is 187 g/mol. The maximum atomic E-state index is 9.23. The molecule has 1 aliphatic carbocycles. The lowest BCUT2D eigenvalue weighted by atomic mass is 9.93. The highest BCUT2D eigenvalue weighted by atomic mass is 35.5. The molecule has 4 N–H and O–H groups in total. The molecule has 0 amide bonds. The second-order valence-corrected chi connectivity index (χ2v) is 2.62. The number of nitrogens with two attached hydrogens (primary N) is 1. The third-order valence-corrected chi connectivity index (χ3v) is 1.94. The van der Waals surface area contributed by atoms with Crippen molar-refractivity contribution in [1.29, 1.82) is 0 Å². The number of nitrogens with one attached hydrogen (secondary N) is 1. The average molecular weight is 203 g/mol. The lowest BCUT2D eigenvalue weighted by Crippen LogP contribution is -2.45. The monoisotopic (exact) mass is 202 g/mol. The Bertz CT molecular complexity index is 94.7. The molecule has 1 rings (SSSR count). The van der Waals surface area contributed by atoms with Gasteiger partial charge in [-0.1, -0.05) is 12.8 Å². The van der Waals surface area contributed by atoms with E-state index in [9.17, 15) is 5.11 Å². The number of hydrogen-bond acceptors (Lipinski definition) is 3. The Hall–Kier alpha value is 0.460. The molecule has 1 fully saturated rings. The molecular formula is C6H16Cl2N2O. The van der Waals surface area contributed by atoms with Crippen molar-refractivity contribution in [2.45, 2.75) is 37.8 Å². The van der Waals surface area contributed by atoms with E-state index in [4.69, 9.17) is 5.84 Å². The van der Waals surface area contributed by atoms with E-state index < -0.39 is 0 Å². The zero-order valence-electron chi connectivity index (χ0n) is 6.32. The molecule has 3 nitrogen and oxygen atoms in total. The molecule has 11 heavy (non-hydrogen) atoms. The van der Waals surface area contributed by atoms with Crippen LogP contribution in [0.2, 0.25) is 0 Å². The number of hydrogen-bond donors (Lipinski definition) is 3. The maximum absolute atomic E-state index is 9.23. The van der Waals surface area contributed by atoms with Crippen molar-refractivity contribution in [3.63, 3.8) is 0 Å². The van der Waals surface area contributed by atoms with Gasteiger partial charge >= 0.3 is 0 Å². The minimum absolute atomic E-state index is 0. The molecule has 0 saturated heterocycles. The molecule has 0 aromatic heterocycles. The predicted octanol–water partition coefficient (Wildman–Crippen LogP) is 0.597. The fraction of sp³-hybridized carbons (Fsp3) is 1.00. The van der Waals surface area contributed by atoms with Crippen molar-refractivity contribution in [2.75, 3.05) is 0 Å². The van der Waals surface area contributed by atoms with E-state index in [0.29, 0.717) is 0 Å². The van der Waals surface area contributed by atoms with E-state index in [2.05, 4.69) is 5.43 Å². The zero-order valence-corrected chi connectivity index (χ0v) is 7.96. The second kappa shape index (κ2) is 7.13. The van der Waals surface area contributed by atoms with Crippen LogP contribution in [0.3, 0.4) is 0 Å². The van der Waals surface area contributed by atoms with Gasteiger partial charge in [0.1, 0.15) is 0 Å². The summed E-state index contributed by atoms with van der Waals surface area (Å²) < 4.78 is 0. The van der Waals surface area contributed by atoms with Crippen LogP contribution < -0.4 is 11.3 Å². The molecule has 0 spiro atoms. The van der Waals surface area contributed by atoms with Gasteiger partial charge in [-0.2, -0.15) is 0 Å². The molecule has 0 aromatic rings. The Labute approximate surface area is 79.5 Å². The molecule has 1 aliphatic rings. The van der Waals surface area contributed by atoms with Crippen LogP contribution in [0.15, 0.2) is 0 Å². The van der Waals surface area contributed by atoms with E-state index in [-0.39, 0.29) is 37.0 Å². The van der Waals surface area contributed by atoms with Crippen molar-refractivity contribution < 1.29 is 5.11 Å². The number of aliphatic hydroxyl groups excluding tert-OH is 1. The zero-order chi connectivity index (χ0) is 6.69. The van der Waals surface area contributed by atoms with Crippen LogP contribution in [0.1, 0.15) is 25.7 Å². The highest BCUT2D eigenvalue weighted by molar-refractivity contribution is 5.85. The van der Waals surface area contributed by atoms with E-state index in [0.717, 1.165) is 19.3 Å². The number of rotatable bonds is 1. The van der Waals surface area contributed by atoms with E-state index in [1.807, 2.05) is 0 Å². The van der Waals surface area contributed by atoms with Gasteiger partial charge in [-0.05, 0) is 12.8 Å². The number of hydrazine groups is 1. The summed E-state index contributed by atoms with van der Waals surface area (Å²) in [4.78, 5) is 0. The highest BCUT2D eigenvalue weighted by Crippen LogP contribution is 2.17. The summed E-state index contributed by atoms with van der Waals surface area (Å²) in [5.41, 5.74) is 2.60. The largest absolute Gasteiger partial charge is 0.391 e. The van der Waals surface area contributed by atoms with Gasteiger partial charge in [0.25, 0.3) is 0 Å². The van der Waals surface area contributed by atoms with E-state index in [1.54, 1.807) is 0 Å². The van der Waals surface area contributed by atoms with Gasteiger partial charge in [0, 0.05) is 6.04 Å². The normalized spacial score (nSPS) is 30.0. The summed E-state index contributed by atoms with van der Waals surface area (Å²) >= 11 is 0. The SMILES string of the molecule is Cl.Cl.NN[C@@H]1CCCC[C@H]1O. The van der Waals surface area contributed by atoms with Crippen molar-refractivity contribution in [1.82, 2.24) is 5.43 Å². The van der Waals surface area contributed by atoms with Crippen molar-refractivity contribution >= 4 is 24.8 Å². The lowest BCUT2D eigenvalue weighted by molar-refractivity contribution is 0.0913. The standard InChI is InChI=1S/C6H14N2O.2ClH/c7-8-5-3-1-2-4-6(5)9;;/h5-6,8-9H,1-4,7H2;2*1H/t5-,6-;;/m1../s1. The first-order valence-corrected chi connectivity index (χ1v) is 3.49. The van der Waals surface area contributed by atoms with Crippen LogP contribution in [-0.4, -0.2) is 17.3 Å². The van der Waals surface area contributed by atoms with Gasteiger partial charge in [-0.3, -0.25) is 11.3 Å². The summed E-state index contributed by atoms with van der Waals surface area (Å²) in [6, 6.07) is 0.138. The van der Waals surface area contributed by atoms with Crippen LogP contribution in [0.4, 0.5) is 0 Å². The number of halogens is 2. The third-order valence-electron chi connectivity index (χ3n) is 1.94. The van der Waals surface area contributed by atoms with Crippen LogP contribution in [-0.2, 0) is 0 Å². The molecule has 0 radical (unpaired) electrons. The Balaban J connectivity index is 0. The lowest BCUT2D eigenvalue weighted by Gasteiger charge is -2.26. The maximum Gasteiger partial charge on any atom is 0.0706 e. The van der Waals surface area contributed by atoms with Gasteiger partial charge in [0.15, 0.2) is 0 Å². The Morgan fingerprint density at radius 2 is 1.73 bits per heavy atom. The molecule has 1 saturated carbocycles. The minimum atomic E-state index is -0.219. The smallest absolute Gasteiger partial charge is 0.0706 e. The van der Waals surface area contributed by atoms with Crippen molar-refractivity contribution in [3.8, 4) is 0 Å². The number of aliphatic hydroxyl groups is 1. The van der Waals surface area contributed by atoms with E-state index in [1.165, 1.54) is 6.42 Å². The predicted molar refractivity (Wildman–Crippen MR) is 50.1 cm³/mol. The summed E-state index contributed by atoms with van der Waals surface area (Å²) in [5, 5.41) is 9.23. The molecule has 0 aliphatic heterocycles. The van der Waals surface area contributed by atoms with Crippen molar-refractivity contribution in [2.24, 2.45) is 5.84 Å². The summed E-state index contributed by atoms with van der Waals surface area (Å²) in [6.07, 6.45) is 4.02. The Morgan fingerprint density at radius 3 is 2.09 bits per heavy atom. The van der Waals surface area contributed by atoms with Crippen LogP contribution in [0.25, 0.3) is 0 Å². The average Bonchev–Trinajstić information content (AvgIpc) is 1.89. The molecule has 5 heteroatoms. The van der Waals surface area contributed by atoms with Gasteiger partial charge in [-0.25, -0.2) is 0 Å². The molecule has 0 bridgehead atoms. The van der Waals surface area contributed by atoms with Crippen LogP contribution in [0, 0.1) is 0 Å². The van der Waals surface area contributed by atoms with Crippen LogP contribution >= 0.6 is 24.8 Å². The van der Waals surface area contributed by atoms with Crippen molar-refractivity contribution in [3.05, 3.63) is 0 Å². The van der Waals surface area contributed by atoms with E-state index >= 15 is 0 Å². The first-order chi connectivity index (χ1) is 4.34. The van der Waals surface area contributed by atoms with Crippen LogP contribution in [0.5, 0.6) is 0 Å². The molecule has 70 valence electrons.